The number of esters is 2. The Morgan fingerprint density at radius 3 is 2.49 bits per heavy atom. The molecule has 1 saturated heterocycles. The Bertz CT molecular complexity index is 1500. The first-order valence-corrected chi connectivity index (χ1v) is 13.9. The van der Waals surface area contributed by atoms with Crippen molar-refractivity contribution in [2.45, 2.75) is 43.3 Å². The summed E-state index contributed by atoms with van der Waals surface area (Å²) in [5, 5.41) is 20.5. The molecular weight excluding hydrogens is 599 g/mol. The fourth-order valence-corrected chi connectivity index (χ4v) is 4.64. The van der Waals surface area contributed by atoms with E-state index in [1.807, 2.05) is 0 Å². The molecule has 2 heterocycles. The second-order valence-electron chi connectivity index (χ2n) is 9.30. The van der Waals surface area contributed by atoms with Gasteiger partial charge >= 0.3 is 18.1 Å². The van der Waals surface area contributed by atoms with Crippen molar-refractivity contribution in [2.24, 2.45) is 5.28 Å². The summed E-state index contributed by atoms with van der Waals surface area (Å²) >= 11 is -2.25. The molecule has 4 rings (SSSR count). The number of benzene rings is 2. The van der Waals surface area contributed by atoms with Gasteiger partial charge in [0.15, 0.2) is 16.8 Å². The molecule has 2 aromatic carbocycles. The maximum absolute atomic E-state index is 13.5. The molecule has 2 atom stereocenters. The fourth-order valence-electron chi connectivity index (χ4n) is 4.27. The average molecular weight is 626 g/mol. The summed E-state index contributed by atoms with van der Waals surface area (Å²) in [6.45, 7) is 0.920. The molecule has 0 aliphatic carbocycles. The van der Waals surface area contributed by atoms with Crippen LogP contribution < -0.4 is 0 Å². The van der Waals surface area contributed by atoms with Crippen LogP contribution in [0.2, 0.25) is 0 Å². The van der Waals surface area contributed by atoms with E-state index in [2.05, 4.69) is 20.0 Å². The first-order chi connectivity index (χ1) is 20.4. The number of hydrogen-bond acceptors (Lipinski definition) is 9. The zero-order valence-corrected chi connectivity index (χ0v) is 23.4. The largest absolute Gasteiger partial charge is 0.569 e. The molecule has 0 amide bonds. The van der Waals surface area contributed by atoms with E-state index in [1.54, 1.807) is 24.3 Å². The molecule has 0 bridgehead atoms. The summed E-state index contributed by atoms with van der Waals surface area (Å²) < 4.78 is 71.9. The van der Waals surface area contributed by atoms with Crippen LogP contribution in [-0.4, -0.2) is 66.4 Å². The smallest absolute Gasteiger partial charge is 0.435 e. The number of aromatic nitrogens is 2. The normalized spacial score (nSPS) is 16.2. The van der Waals surface area contributed by atoms with Crippen molar-refractivity contribution in [1.29, 1.82) is 0 Å². The molecule has 0 radical (unpaired) electrons. The molecule has 1 aliphatic heterocycles. The highest BCUT2D eigenvalue weighted by Gasteiger charge is 2.35. The van der Waals surface area contributed by atoms with Crippen molar-refractivity contribution in [3.05, 3.63) is 71.1 Å². The molecule has 1 aliphatic rings. The quantitative estimate of drug-likeness (QED) is 0.0627. The molecule has 13 nitrogen and oxygen atoms in total. The van der Waals surface area contributed by atoms with Gasteiger partial charge in [-0.2, -0.15) is 18.3 Å². The molecule has 0 spiro atoms. The van der Waals surface area contributed by atoms with Crippen LogP contribution in [0.3, 0.4) is 0 Å². The number of ether oxygens (including phenoxy) is 2. The summed E-state index contributed by atoms with van der Waals surface area (Å²) in [6.07, 6.45) is -3.62. The minimum absolute atomic E-state index is 0.0796. The van der Waals surface area contributed by atoms with Gasteiger partial charge in [0.1, 0.15) is 12.6 Å². The van der Waals surface area contributed by atoms with E-state index in [4.69, 9.17) is 4.74 Å². The van der Waals surface area contributed by atoms with Crippen LogP contribution >= 0.6 is 0 Å². The summed E-state index contributed by atoms with van der Waals surface area (Å²) in [5.74, 6) is -1.17. The Morgan fingerprint density at radius 1 is 1.16 bits per heavy atom. The Balaban J connectivity index is 1.40. The van der Waals surface area contributed by atoms with Gasteiger partial charge in [-0.15, -0.1) is 5.01 Å². The first kappa shape index (κ1) is 31.4. The fraction of sp³-hybridized carbons (Fsp3) is 0.346. The van der Waals surface area contributed by atoms with E-state index < -0.39 is 47.7 Å². The number of alkyl halides is 3. The molecule has 1 fully saturated rings. The molecule has 3 aromatic rings. The van der Waals surface area contributed by atoms with E-state index in [0.717, 1.165) is 10.7 Å². The van der Waals surface area contributed by atoms with Crippen LogP contribution in [0.5, 0.6) is 0 Å². The van der Waals surface area contributed by atoms with Crippen molar-refractivity contribution < 1.29 is 50.8 Å². The van der Waals surface area contributed by atoms with Crippen molar-refractivity contribution in [1.82, 2.24) is 14.8 Å². The zero-order chi connectivity index (χ0) is 31.1. The van der Waals surface area contributed by atoms with Gasteiger partial charge < -0.3 is 24.1 Å². The molecular formula is C26H26F3N5O8S. The van der Waals surface area contributed by atoms with E-state index in [-0.39, 0.29) is 34.3 Å². The highest BCUT2D eigenvalue weighted by molar-refractivity contribution is 7.79. The summed E-state index contributed by atoms with van der Waals surface area (Å²) in [7, 11) is 0. The van der Waals surface area contributed by atoms with Crippen molar-refractivity contribution >= 4 is 23.0 Å². The highest BCUT2D eigenvalue weighted by Crippen LogP contribution is 2.33. The SMILES string of the molecule is CC(=O)OCO/N=[N+](\[O-])N1CCCC1COC(=O)Cc1ccc(-c2cc(C(F)(F)F)nn2-c2ccc(S(=O)O)cc2)cc1. The number of rotatable bonds is 11. The van der Waals surface area contributed by atoms with Crippen LogP contribution in [-0.2, 0) is 47.6 Å². The summed E-state index contributed by atoms with van der Waals surface area (Å²) in [5.41, 5.74) is 0.157. The van der Waals surface area contributed by atoms with Gasteiger partial charge in [0.05, 0.1) is 34.2 Å². The monoisotopic (exact) mass is 625 g/mol. The predicted molar refractivity (Wildman–Crippen MR) is 141 cm³/mol. The van der Waals surface area contributed by atoms with Crippen LogP contribution in [0.4, 0.5) is 13.2 Å². The summed E-state index contributed by atoms with van der Waals surface area (Å²) in [6, 6.07) is 12.1. The first-order valence-electron chi connectivity index (χ1n) is 12.8. The lowest BCUT2D eigenvalue weighted by molar-refractivity contribution is -0.715. The number of halogens is 3. The molecule has 0 saturated carbocycles. The van der Waals surface area contributed by atoms with E-state index in [0.29, 0.717) is 30.5 Å². The predicted octanol–water partition coefficient (Wildman–Crippen LogP) is 4.02. The second-order valence-corrected chi connectivity index (χ2v) is 10.3. The maximum atomic E-state index is 13.5. The maximum Gasteiger partial charge on any atom is 0.435 e. The van der Waals surface area contributed by atoms with Crippen LogP contribution in [0, 0.1) is 5.21 Å². The number of hydrogen-bond donors (Lipinski definition) is 1. The second kappa shape index (κ2) is 13.6. The van der Waals surface area contributed by atoms with Gasteiger partial charge in [0, 0.05) is 12.5 Å². The lowest BCUT2D eigenvalue weighted by Gasteiger charge is -2.19. The van der Waals surface area contributed by atoms with Gasteiger partial charge in [-0.05, 0) is 48.7 Å². The Labute approximate surface area is 245 Å². The third-order valence-electron chi connectivity index (χ3n) is 6.33. The van der Waals surface area contributed by atoms with Crippen molar-refractivity contribution in [3.8, 4) is 16.9 Å². The Morgan fingerprint density at radius 2 is 1.86 bits per heavy atom. The minimum atomic E-state index is -4.71. The Kier molecular flexibility index (Phi) is 9.97. The topological polar surface area (TPSA) is 159 Å². The third kappa shape index (κ3) is 8.29. The molecule has 2 unspecified atom stereocenters. The molecule has 230 valence electrons. The van der Waals surface area contributed by atoms with Crippen LogP contribution in [0.15, 0.2) is 64.8 Å². The zero-order valence-electron chi connectivity index (χ0n) is 22.6. The number of nitrogens with zero attached hydrogens (tertiary/aromatic N) is 5. The van der Waals surface area contributed by atoms with E-state index >= 15 is 0 Å². The average Bonchev–Trinajstić information content (AvgIpc) is 3.62. The van der Waals surface area contributed by atoms with E-state index in [1.165, 1.54) is 36.2 Å². The minimum Gasteiger partial charge on any atom is -0.569 e. The Hall–Kier alpha value is -4.51. The van der Waals surface area contributed by atoms with Gasteiger partial charge in [-0.25, -0.2) is 8.89 Å². The molecule has 1 N–H and O–H groups in total. The van der Waals surface area contributed by atoms with Gasteiger partial charge in [-0.3, -0.25) is 9.59 Å². The lowest BCUT2D eigenvalue weighted by atomic mass is 10.1. The van der Waals surface area contributed by atoms with E-state index in [9.17, 15) is 36.7 Å². The molecule has 17 heteroatoms. The van der Waals surface area contributed by atoms with Crippen molar-refractivity contribution in [2.75, 3.05) is 19.9 Å². The summed E-state index contributed by atoms with van der Waals surface area (Å²) in [4.78, 5) is 28.2. The lowest BCUT2D eigenvalue weighted by Crippen LogP contribution is -2.39. The van der Waals surface area contributed by atoms with Gasteiger partial charge in [0.25, 0.3) is 6.79 Å². The van der Waals surface area contributed by atoms with Crippen LogP contribution in [0.1, 0.15) is 31.0 Å². The van der Waals surface area contributed by atoms with Crippen LogP contribution in [0.25, 0.3) is 16.9 Å². The molecule has 43 heavy (non-hydrogen) atoms. The standard InChI is InChI=1S/C26H26F3N5O8S/c1-17(35)41-16-42-31-34(37)32-12-2-3-21(32)15-40-25(36)13-18-4-6-19(7-5-18)23-14-24(26(27,28)29)30-33(23)20-8-10-22(11-9-20)43(38)39/h4-11,14,21H,2-3,12-13,15-16H2,1H3,(H,38,39)/b34-31-. The number of carbonyl (C=O) groups excluding carboxylic acids is 2. The van der Waals surface area contributed by atoms with Gasteiger partial charge in [-0.1, -0.05) is 24.3 Å². The third-order valence-corrected chi connectivity index (χ3v) is 7.00. The molecule has 1 aromatic heterocycles. The highest BCUT2D eigenvalue weighted by atomic mass is 32.2. The van der Waals surface area contributed by atoms with Crippen molar-refractivity contribution in [3.63, 3.8) is 0 Å². The number of hydrazine groups is 1. The van der Waals surface area contributed by atoms with Gasteiger partial charge in [0.2, 0.25) is 5.28 Å². The number of carbonyl (C=O) groups is 2.